The van der Waals surface area contributed by atoms with Crippen LogP contribution in [0.3, 0.4) is 0 Å². The maximum atomic E-state index is 12.5. The molecule has 1 aliphatic rings. The summed E-state index contributed by atoms with van der Waals surface area (Å²) in [5.74, 6) is -0.200. The highest BCUT2D eigenvalue weighted by atomic mass is 32.2. The summed E-state index contributed by atoms with van der Waals surface area (Å²) in [4.78, 5) is 0.303. The lowest BCUT2D eigenvalue weighted by Gasteiger charge is -2.33. The van der Waals surface area contributed by atoms with Crippen LogP contribution < -0.4 is 0 Å². The van der Waals surface area contributed by atoms with Crippen LogP contribution in [0.1, 0.15) is 12.0 Å². The number of benzene rings is 1. The van der Waals surface area contributed by atoms with E-state index < -0.39 is 16.1 Å². The van der Waals surface area contributed by atoms with Crippen molar-refractivity contribution in [1.29, 1.82) is 0 Å². The molecule has 1 N–H and O–H groups in total. The first-order valence-electron chi connectivity index (χ1n) is 6.32. The van der Waals surface area contributed by atoms with Gasteiger partial charge in [0, 0.05) is 19.0 Å². The molecule has 1 fully saturated rings. The third-order valence-corrected chi connectivity index (χ3v) is 5.42. The fraction of sp³-hybridized carbons (Fsp3) is 0.429. The van der Waals surface area contributed by atoms with Gasteiger partial charge in [-0.25, -0.2) is 8.42 Å². The molecular formula is C14H19NO3S. The van der Waals surface area contributed by atoms with Crippen LogP contribution in [0.25, 0.3) is 0 Å². The highest BCUT2D eigenvalue weighted by molar-refractivity contribution is 7.89. The Morgan fingerprint density at radius 2 is 2.00 bits per heavy atom. The van der Waals surface area contributed by atoms with Gasteiger partial charge >= 0.3 is 0 Å². The standard InChI is InChI=1S/C14H19NO3S/c1-3-12-10-15(9-8-14(12)16)19(17,18)13-6-4-11(2)5-7-13/h3-7,12,14,16H,1,8-10H2,2H3/t12-,14+/m0/s1. The van der Waals surface area contributed by atoms with Crippen LogP contribution >= 0.6 is 0 Å². The molecule has 0 saturated carbocycles. The first-order valence-corrected chi connectivity index (χ1v) is 7.76. The second kappa shape index (κ2) is 5.45. The van der Waals surface area contributed by atoms with E-state index in [2.05, 4.69) is 6.58 Å². The number of rotatable bonds is 3. The van der Waals surface area contributed by atoms with Crippen LogP contribution in [0.2, 0.25) is 0 Å². The van der Waals surface area contributed by atoms with E-state index in [1.807, 2.05) is 6.92 Å². The Labute approximate surface area is 114 Å². The number of aliphatic hydroxyl groups excluding tert-OH is 1. The molecule has 4 nitrogen and oxygen atoms in total. The van der Waals surface area contributed by atoms with Crippen molar-refractivity contribution in [3.63, 3.8) is 0 Å². The van der Waals surface area contributed by atoms with E-state index >= 15 is 0 Å². The molecule has 5 heteroatoms. The van der Waals surface area contributed by atoms with E-state index in [0.717, 1.165) is 5.56 Å². The van der Waals surface area contributed by atoms with E-state index in [0.29, 0.717) is 24.4 Å². The number of hydrogen-bond acceptors (Lipinski definition) is 3. The molecule has 104 valence electrons. The molecule has 0 aromatic heterocycles. The van der Waals surface area contributed by atoms with Crippen molar-refractivity contribution in [3.05, 3.63) is 42.5 Å². The number of aryl methyl sites for hydroxylation is 1. The van der Waals surface area contributed by atoms with Crippen molar-refractivity contribution in [3.8, 4) is 0 Å². The molecule has 1 heterocycles. The lowest BCUT2D eigenvalue weighted by molar-refractivity contribution is 0.0760. The van der Waals surface area contributed by atoms with Gasteiger partial charge in [-0.05, 0) is 25.5 Å². The Morgan fingerprint density at radius 3 is 2.58 bits per heavy atom. The highest BCUT2D eigenvalue weighted by Gasteiger charge is 2.33. The Balaban J connectivity index is 2.25. The minimum absolute atomic E-state index is 0.200. The van der Waals surface area contributed by atoms with E-state index in [4.69, 9.17) is 0 Å². The molecule has 2 rings (SSSR count). The highest BCUT2D eigenvalue weighted by Crippen LogP contribution is 2.24. The maximum Gasteiger partial charge on any atom is 0.243 e. The third-order valence-electron chi connectivity index (χ3n) is 3.54. The van der Waals surface area contributed by atoms with Gasteiger partial charge in [0.2, 0.25) is 10.0 Å². The molecule has 1 aliphatic heterocycles. The second-order valence-corrected chi connectivity index (χ2v) is 6.87. The fourth-order valence-corrected chi connectivity index (χ4v) is 3.74. The van der Waals surface area contributed by atoms with Crippen molar-refractivity contribution in [2.24, 2.45) is 5.92 Å². The number of piperidine rings is 1. The number of aliphatic hydroxyl groups is 1. The average Bonchev–Trinajstić information content (AvgIpc) is 2.39. The summed E-state index contributed by atoms with van der Waals surface area (Å²) in [5.41, 5.74) is 1.02. The third kappa shape index (κ3) is 2.88. The summed E-state index contributed by atoms with van der Waals surface area (Å²) in [6, 6.07) is 6.82. The SMILES string of the molecule is C=C[C@H]1CN(S(=O)(=O)c2ccc(C)cc2)CC[C@H]1O. The summed E-state index contributed by atoms with van der Waals surface area (Å²) in [6.45, 7) is 6.21. The topological polar surface area (TPSA) is 57.6 Å². The number of nitrogens with zero attached hydrogens (tertiary/aromatic N) is 1. The van der Waals surface area contributed by atoms with Gasteiger partial charge in [0.05, 0.1) is 11.0 Å². The first-order chi connectivity index (χ1) is 8.95. The largest absolute Gasteiger partial charge is 0.392 e. The summed E-state index contributed by atoms with van der Waals surface area (Å²) in [6.07, 6.45) is 1.57. The predicted octanol–water partition coefficient (Wildman–Crippen LogP) is 1.55. The monoisotopic (exact) mass is 281 g/mol. The van der Waals surface area contributed by atoms with Crippen LogP contribution in [-0.4, -0.2) is 37.0 Å². The van der Waals surface area contributed by atoms with Crippen LogP contribution in [-0.2, 0) is 10.0 Å². The van der Waals surface area contributed by atoms with Gasteiger partial charge in [0.15, 0.2) is 0 Å². The molecule has 1 aromatic carbocycles. The summed E-state index contributed by atoms with van der Waals surface area (Å²) in [5, 5.41) is 9.77. The van der Waals surface area contributed by atoms with Crippen molar-refractivity contribution in [2.45, 2.75) is 24.3 Å². The van der Waals surface area contributed by atoms with E-state index in [1.165, 1.54) is 4.31 Å². The van der Waals surface area contributed by atoms with Crippen LogP contribution in [0.4, 0.5) is 0 Å². The van der Waals surface area contributed by atoms with E-state index in [1.54, 1.807) is 30.3 Å². The molecule has 0 bridgehead atoms. The molecule has 1 aromatic rings. The zero-order valence-corrected chi connectivity index (χ0v) is 11.8. The minimum atomic E-state index is -3.47. The Morgan fingerprint density at radius 1 is 1.37 bits per heavy atom. The quantitative estimate of drug-likeness (QED) is 0.855. The van der Waals surface area contributed by atoms with Gasteiger partial charge < -0.3 is 5.11 Å². The molecule has 0 unspecified atom stereocenters. The predicted molar refractivity (Wildman–Crippen MR) is 74.2 cm³/mol. The smallest absolute Gasteiger partial charge is 0.243 e. The molecule has 2 atom stereocenters. The number of sulfonamides is 1. The van der Waals surface area contributed by atoms with Gasteiger partial charge in [-0.2, -0.15) is 4.31 Å². The Bertz CT molecular complexity index is 551. The molecular weight excluding hydrogens is 262 g/mol. The normalized spacial score (nSPS) is 25.2. The second-order valence-electron chi connectivity index (χ2n) is 4.93. The lowest BCUT2D eigenvalue weighted by Crippen LogP contribution is -2.45. The fourth-order valence-electron chi connectivity index (χ4n) is 2.25. The van der Waals surface area contributed by atoms with Gasteiger partial charge in [0.1, 0.15) is 0 Å². The molecule has 0 spiro atoms. The summed E-state index contributed by atoms with van der Waals surface area (Å²) < 4.78 is 26.4. The lowest BCUT2D eigenvalue weighted by atomic mass is 9.97. The molecule has 0 radical (unpaired) electrons. The zero-order chi connectivity index (χ0) is 14.0. The van der Waals surface area contributed by atoms with Crippen molar-refractivity contribution in [2.75, 3.05) is 13.1 Å². The Hall–Kier alpha value is -1.17. The van der Waals surface area contributed by atoms with Crippen LogP contribution in [0, 0.1) is 12.8 Å². The zero-order valence-electron chi connectivity index (χ0n) is 11.0. The summed E-state index contributed by atoms with van der Waals surface area (Å²) >= 11 is 0. The van der Waals surface area contributed by atoms with Crippen molar-refractivity contribution in [1.82, 2.24) is 4.31 Å². The molecule has 0 aliphatic carbocycles. The van der Waals surface area contributed by atoms with Crippen LogP contribution in [0.5, 0.6) is 0 Å². The van der Waals surface area contributed by atoms with Gasteiger partial charge in [-0.1, -0.05) is 23.8 Å². The molecule has 1 saturated heterocycles. The van der Waals surface area contributed by atoms with E-state index in [9.17, 15) is 13.5 Å². The molecule has 0 amide bonds. The number of hydrogen-bond donors (Lipinski definition) is 1. The average molecular weight is 281 g/mol. The minimum Gasteiger partial charge on any atom is -0.392 e. The maximum absolute atomic E-state index is 12.5. The van der Waals surface area contributed by atoms with Crippen molar-refractivity contribution < 1.29 is 13.5 Å². The van der Waals surface area contributed by atoms with Gasteiger partial charge in [-0.3, -0.25) is 0 Å². The van der Waals surface area contributed by atoms with Gasteiger partial charge in [-0.15, -0.1) is 6.58 Å². The van der Waals surface area contributed by atoms with Crippen molar-refractivity contribution >= 4 is 10.0 Å². The van der Waals surface area contributed by atoms with Crippen LogP contribution in [0.15, 0.2) is 41.8 Å². The summed E-state index contributed by atoms with van der Waals surface area (Å²) in [7, 11) is -3.47. The van der Waals surface area contributed by atoms with Gasteiger partial charge in [0.25, 0.3) is 0 Å². The first kappa shape index (κ1) is 14.2. The molecule has 19 heavy (non-hydrogen) atoms. The Kier molecular flexibility index (Phi) is 4.08. The van der Waals surface area contributed by atoms with E-state index in [-0.39, 0.29) is 5.92 Å².